The molecule has 1 heterocycles. The Labute approximate surface area is 103 Å². The van der Waals surface area contributed by atoms with Gasteiger partial charge in [-0.15, -0.1) is 0 Å². The van der Waals surface area contributed by atoms with Crippen molar-refractivity contribution in [3.05, 3.63) is 52.2 Å². The number of hydrogen-bond donors (Lipinski definition) is 2. The molecule has 0 radical (unpaired) electrons. The van der Waals surface area contributed by atoms with Crippen LogP contribution in [-0.2, 0) is 6.54 Å². The second-order valence-corrected chi connectivity index (χ2v) is 4.12. The molecule has 0 saturated carbocycles. The lowest BCUT2D eigenvalue weighted by Crippen LogP contribution is -2.04. The molecule has 3 N–H and O–H groups in total. The van der Waals surface area contributed by atoms with Crippen LogP contribution in [0.4, 0.5) is 0 Å². The Bertz CT molecular complexity index is 761. The standard InChI is InChI=1S/C14H11NO3/c15-7-12-10-3-1-8(16)5-13(10)18-14-6-9(17)2-4-11(12)14/h1-6,16H,7,15H2. The lowest BCUT2D eigenvalue weighted by Gasteiger charge is -2.12. The summed E-state index contributed by atoms with van der Waals surface area (Å²) in [6, 6.07) is 9.51. The Morgan fingerprint density at radius 2 is 2.00 bits per heavy atom. The number of phenols is 1. The highest BCUT2D eigenvalue weighted by molar-refractivity contribution is 5.88. The van der Waals surface area contributed by atoms with Crippen LogP contribution in [0.1, 0.15) is 5.56 Å². The molecule has 4 nitrogen and oxygen atoms in total. The topological polar surface area (TPSA) is 76.5 Å². The van der Waals surface area contributed by atoms with Gasteiger partial charge in [0.15, 0.2) is 5.43 Å². The van der Waals surface area contributed by atoms with E-state index in [4.69, 9.17) is 10.2 Å². The van der Waals surface area contributed by atoms with E-state index in [2.05, 4.69) is 0 Å². The average Bonchev–Trinajstić information content (AvgIpc) is 2.35. The van der Waals surface area contributed by atoms with E-state index in [0.717, 1.165) is 16.5 Å². The molecule has 3 rings (SSSR count). The van der Waals surface area contributed by atoms with Crippen LogP contribution in [0.5, 0.6) is 5.75 Å². The van der Waals surface area contributed by atoms with Crippen LogP contribution in [0.2, 0.25) is 0 Å². The number of nitrogens with two attached hydrogens (primary N) is 1. The quantitative estimate of drug-likeness (QED) is 0.639. The number of benzene rings is 2. The molecule has 1 aliphatic heterocycles. The van der Waals surface area contributed by atoms with E-state index in [1.807, 2.05) is 0 Å². The van der Waals surface area contributed by atoms with Gasteiger partial charge in [-0.25, -0.2) is 0 Å². The van der Waals surface area contributed by atoms with Gasteiger partial charge in [0.05, 0.1) is 0 Å². The third-order valence-electron chi connectivity index (χ3n) is 2.99. The van der Waals surface area contributed by atoms with Crippen molar-refractivity contribution in [3.8, 4) is 17.1 Å². The largest absolute Gasteiger partial charge is 0.508 e. The molecule has 0 amide bonds. The van der Waals surface area contributed by atoms with Gasteiger partial charge in [0.25, 0.3) is 0 Å². The zero-order chi connectivity index (χ0) is 12.7. The molecule has 0 bridgehead atoms. The maximum absolute atomic E-state index is 11.3. The van der Waals surface area contributed by atoms with Crippen molar-refractivity contribution in [1.82, 2.24) is 0 Å². The monoisotopic (exact) mass is 241 g/mol. The molecule has 0 spiro atoms. The molecule has 1 aromatic rings. The Morgan fingerprint density at radius 3 is 2.78 bits per heavy atom. The average molecular weight is 241 g/mol. The fourth-order valence-corrected chi connectivity index (χ4v) is 2.16. The summed E-state index contributed by atoms with van der Waals surface area (Å²) in [6.45, 7) is 0.340. The van der Waals surface area contributed by atoms with Crippen molar-refractivity contribution in [2.24, 2.45) is 5.73 Å². The molecular formula is C14H11NO3. The van der Waals surface area contributed by atoms with Gasteiger partial charge in [-0.05, 0) is 29.8 Å². The summed E-state index contributed by atoms with van der Waals surface area (Å²) in [7, 11) is 0. The highest BCUT2D eigenvalue weighted by Gasteiger charge is 2.14. The first-order valence-electron chi connectivity index (χ1n) is 5.57. The lowest BCUT2D eigenvalue weighted by molar-refractivity contribution is 0.474. The molecule has 1 aromatic carbocycles. The SMILES string of the molecule is NCc1c2ccc(=O)cc-2oc2cc(O)ccc12. The van der Waals surface area contributed by atoms with Crippen molar-refractivity contribution in [3.63, 3.8) is 0 Å². The predicted octanol–water partition coefficient (Wildman–Crippen LogP) is 2.06. The van der Waals surface area contributed by atoms with E-state index in [1.54, 1.807) is 18.2 Å². The van der Waals surface area contributed by atoms with Gasteiger partial charge in [-0.2, -0.15) is 0 Å². The van der Waals surface area contributed by atoms with Gasteiger partial charge in [-0.1, -0.05) is 0 Å². The van der Waals surface area contributed by atoms with Crippen molar-refractivity contribution in [1.29, 1.82) is 0 Å². The van der Waals surface area contributed by atoms with E-state index in [1.165, 1.54) is 18.2 Å². The molecule has 0 saturated heterocycles. The molecule has 4 heteroatoms. The Hall–Kier alpha value is -2.33. The number of hydrogen-bond acceptors (Lipinski definition) is 4. The van der Waals surface area contributed by atoms with Gasteiger partial charge in [0.2, 0.25) is 0 Å². The van der Waals surface area contributed by atoms with Crippen LogP contribution < -0.4 is 11.2 Å². The summed E-state index contributed by atoms with van der Waals surface area (Å²) < 4.78 is 5.63. The molecule has 2 aliphatic rings. The van der Waals surface area contributed by atoms with Gasteiger partial charge in [0, 0.05) is 29.6 Å². The van der Waals surface area contributed by atoms with Crippen molar-refractivity contribution >= 4 is 11.0 Å². The van der Waals surface area contributed by atoms with Crippen LogP contribution in [0.25, 0.3) is 22.3 Å². The Morgan fingerprint density at radius 1 is 1.17 bits per heavy atom. The second-order valence-electron chi connectivity index (χ2n) is 4.12. The summed E-state index contributed by atoms with van der Waals surface area (Å²) in [6.07, 6.45) is 0. The third-order valence-corrected chi connectivity index (χ3v) is 2.99. The lowest BCUT2D eigenvalue weighted by atomic mass is 10.00. The maximum Gasteiger partial charge on any atom is 0.182 e. The van der Waals surface area contributed by atoms with Gasteiger partial charge >= 0.3 is 0 Å². The minimum absolute atomic E-state index is 0.117. The van der Waals surface area contributed by atoms with Gasteiger partial charge in [0.1, 0.15) is 17.1 Å². The summed E-state index contributed by atoms with van der Waals surface area (Å²) >= 11 is 0. The van der Waals surface area contributed by atoms with E-state index in [-0.39, 0.29) is 11.2 Å². The Kier molecular flexibility index (Phi) is 2.31. The molecule has 0 unspecified atom stereocenters. The normalized spacial score (nSPS) is 11.2. The van der Waals surface area contributed by atoms with Crippen LogP contribution in [0.3, 0.4) is 0 Å². The van der Waals surface area contributed by atoms with Crippen molar-refractivity contribution in [2.75, 3.05) is 0 Å². The van der Waals surface area contributed by atoms with Crippen LogP contribution in [0, 0.1) is 0 Å². The number of phenolic OH excluding ortho intramolecular Hbond substituents is 1. The molecule has 1 aliphatic carbocycles. The zero-order valence-electron chi connectivity index (χ0n) is 9.51. The molecule has 90 valence electrons. The molecular weight excluding hydrogens is 230 g/mol. The number of aromatic hydroxyl groups is 1. The number of rotatable bonds is 1. The van der Waals surface area contributed by atoms with E-state index < -0.39 is 0 Å². The van der Waals surface area contributed by atoms with Gasteiger partial charge < -0.3 is 15.3 Å². The maximum atomic E-state index is 11.3. The summed E-state index contributed by atoms with van der Waals surface area (Å²) in [4.78, 5) is 11.3. The van der Waals surface area contributed by atoms with E-state index >= 15 is 0 Å². The first kappa shape index (κ1) is 10.8. The summed E-state index contributed by atoms with van der Waals surface area (Å²) in [5.41, 5.74) is 7.92. The fraction of sp³-hybridized carbons (Fsp3) is 0.0714. The van der Waals surface area contributed by atoms with Crippen LogP contribution >= 0.6 is 0 Å². The second kappa shape index (κ2) is 3.85. The first-order chi connectivity index (χ1) is 8.69. The fourth-order valence-electron chi connectivity index (χ4n) is 2.16. The van der Waals surface area contributed by atoms with E-state index in [9.17, 15) is 9.90 Å². The highest BCUT2D eigenvalue weighted by atomic mass is 16.3. The third kappa shape index (κ3) is 1.55. The van der Waals surface area contributed by atoms with Gasteiger partial charge in [-0.3, -0.25) is 4.79 Å². The molecule has 18 heavy (non-hydrogen) atoms. The van der Waals surface area contributed by atoms with E-state index in [0.29, 0.717) is 17.9 Å². The minimum atomic E-state index is -0.117. The van der Waals surface area contributed by atoms with Crippen molar-refractivity contribution < 1.29 is 9.52 Å². The smallest absolute Gasteiger partial charge is 0.182 e. The summed E-state index contributed by atoms with van der Waals surface area (Å²) in [5, 5.41) is 10.3. The molecule has 0 atom stereocenters. The predicted molar refractivity (Wildman–Crippen MR) is 68.7 cm³/mol. The number of fused-ring (bicyclic) bond motifs is 2. The summed E-state index contributed by atoms with van der Waals surface area (Å²) in [5.74, 6) is 0.605. The Balaban J connectivity index is 2.52. The molecule has 0 aromatic heterocycles. The zero-order valence-corrected chi connectivity index (χ0v) is 9.51. The minimum Gasteiger partial charge on any atom is -0.508 e. The van der Waals surface area contributed by atoms with Crippen LogP contribution in [-0.4, -0.2) is 5.11 Å². The highest BCUT2D eigenvalue weighted by Crippen LogP contribution is 2.33. The first-order valence-corrected chi connectivity index (χ1v) is 5.57. The van der Waals surface area contributed by atoms with Crippen molar-refractivity contribution in [2.45, 2.75) is 6.54 Å². The molecule has 0 fully saturated rings. The van der Waals surface area contributed by atoms with Crippen LogP contribution in [0.15, 0.2) is 45.6 Å².